The molecule has 170 valence electrons. The Bertz CT molecular complexity index is 1230. The number of hydrogen-bond acceptors (Lipinski definition) is 3. The monoisotopic (exact) mass is 459 g/mol. The molecule has 3 aliphatic rings. The summed E-state index contributed by atoms with van der Waals surface area (Å²) in [6.45, 7) is 2.06. The average molecular weight is 460 g/mol. The van der Waals surface area contributed by atoms with Crippen LogP contribution >= 0.6 is 11.6 Å². The summed E-state index contributed by atoms with van der Waals surface area (Å²) in [6, 6.07) is 18.0. The molecule has 3 fully saturated rings. The molecule has 2 bridgehead atoms. The molecule has 1 N–H and O–H groups in total. The zero-order valence-electron chi connectivity index (χ0n) is 19.2. The molecule has 0 spiro atoms. The van der Waals surface area contributed by atoms with E-state index in [9.17, 15) is 4.79 Å². The highest BCUT2D eigenvalue weighted by molar-refractivity contribution is 6.31. The van der Waals surface area contributed by atoms with E-state index in [1.54, 1.807) is 0 Å². The topological polar surface area (TPSA) is 45.2 Å². The average Bonchev–Trinajstić information content (AvgIpc) is 3.54. The highest BCUT2D eigenvalue weighted by Crippen LogP contribution is 2.57. The Balaban J connectivity index is 1.21. The molecule has 1 saturated carbocycles. The van der Waals surface area contributed by atoms with Crippen LogP contribution in [0, 0.1) is 6.92 Å². The molecule has 1 aliphatic carbocycles. The lowest BCUT2D eigenvalue weighted by Crippen LogP contribution is -2.48. The van der Waals surface area contributed by atoms with Gasteiger partial charge in [-0.05, 0) is 86.3 Å². The number of carbonyl (C=O) groups is 1. The summed E-state index contributed by atoms with van der Waals surface area (Å²) in [4.78, 5) is 19.9. The normalized spacial score (nSPS) is 28.2. The lowest BCUT2D eigenvalue weighted by atomic mass is 9.97. The van der Waals surface area contributed by atoms with Gasteiger partial charge in [-0.3, -0.25) is 9.78 Å². The second-order valence-corrected chi connectivity index (χ2v) is 10.6. The quantitative estimate of drug-likeness (QED) is 0.534. The van der Waals surface area contributed by atoms with E-state index in [0.29, 0.717) is 40.5 Å². The number of aryl methyl sites for hydroxylation is 1. The van der Waals surface area contributed by atoms with Crippen LogP contribution in [0.2, 0.25) is 5.02 Å². The standard InChI is InChI=1S/C28H30ClN3O/c1-16-11-23(22-5-3-4-6-27(22)30-16)25-15-24(25)21-10-7-17(12-26(21)29)28(33)32(2)20-13-18-8-9-19(14-20)31-18/h3-7,10-12,18-20,24-25,31H,8-9,13-15H2,1-2H3. The third-order valence-electron chi connectivity index (χ3n) is 8.03. The van der Waals surface area contributed by atoms with Gasteiger partial charge >= 0.3 is 0 Å². The first kappa shape index (κ1) is 21.1. The highest BCUT2D eigenvalue weighted by Gasteiger charge is 2.42. The molecule has 6 rings (SSSR count). The number of pyridine rings is 1. The van der Waals surface area contributed by atoms with Gasteiger partial charge in [-0.15, -0.1) is 0 Å². The molecule has 4 nitrogen and oxygen atoms in total. The van der Waals surface area contributed by atoms with Gasteiger partial charge in [0.25, 0.3) is 5.91 Å². The molecule has 4 atom stereocenters. The summed E-state index contributed by atoms with van der Waals surface area (Å²) in [5, 5.41) is 5.60. The number of amides is 1. The van der Waals surface area contributed by atoms with E-state index in [4.69, 9.17) is 11.6 Å². The summed E-state index contributed by atoms with van der Waals surface area (Å²) >= 11 is 6.76. The number of aromatic nitrogens is 1. The Hall–Kier alpha value is -2.43. The van der Waals surface area contributed by atoms with Gasteiger partial charge in [0.05, 0.1) is 5.52 Å². The molecule has 3 aromatic rings. The largest absolute Gasteiger partial charge is 0.339 e. The number of fused-ring (bicyclic) bond motifs is 3. The number of nitrogens with zero attached hydrogens (tertiary/aromatic N) is 2. The minimum atomic E-state index is 0.0813. The summed E-state index contributed by atoms with van der Waals surface area (Å²) < 4.78 is 0. The van der Waals surface area contributed by atoms with Gasteiger partial charge in [0, 0.05) is 46.8 Å². The number of carbonyl (C=O) groups excluding carboxylic acids is 1. The van der Waals surface area contributed by atoms with Crippen LogP contribution in [0.3, 0.4) is 0 Å². The fourth-order valence-electron chi connectivity index (χ4n) is 6.20. The minimum absolute atomic E-state index is 0.0813. The van der Waals surface area contributed by atoms with Gasteiger partial charge in [0.1, 0.15) is 0 Å². The van der Waals surface area contributed by atoms with E-state index in [0.717, 1.165) is 36.0 Å². The molecule has 2 aliphatic heterocycles. The van der Waals surface area contributed by atoms with Gasteiger partial charge in [-0.1, -0.05) is 35.9 Å². The van der Waals surface area contributed by atoms with E-state index in [2.05, 4.69) is 47.6 Å². The van der Waals surface area contributed by atoms with Gasteiger partial charge in [0.2, 0.25) is 0 Å². The summed E-state index contributed by atoms with van der Waals surface area (Å²) in [7, 11) is 1.95. The van der Waals surface area contributed by atoms with E-state index in [-0.39, 0.29) is 5.91 Å². The molecule has 0 radical (unpaired) electrons. The number of para-hydroxylation sites is 1. The highest BCUT2D eigenvalue weighted by atomic mass is 35.5. The molecule has 2 aromatic carbocycles. The van der Waals surface area contributed by atoms with Crippen LogP contribution in [-0.4, -0.2) is 41.0 Å². The second kappa shape index (κ2) is 8.11. The van der Waals surface area contributed by atoms with Gasteiger partial charge in [-0.25, -0.2) is 0 Å². The van der Waals surface area contributed by atoms with Crippen molar-refractivity contribution in [2.24, 2.45) is 0 Å². The van der Waals surface area contributed by atoms with Gasteiger partial charge in [-0.2, -0.15) is 0 Å². The smallest absolute Gasteiger partial charge is 0.253 e. The lowest BCUT2D eigenvalue weighted by Gasteiger charge is -2.35. The van der Waals surface area contributed by atoms with Crippen LogP contribution in [0.15, 0.2) is 48.5 Å². The zero-order valence-corrected chi connectivity index (χ0v) is 20.0. The first-order valence-corrected chi connectivity index (χ1v) is 12.5. The fraction of sp³-hybridized carbons (Fsp3) is 0.429. The second-order valence-electron chi connectivity index (χ2n) is 10.2. The lowest BCUT2D eigenvalue weighted by molar-refractivity contribution is 0.0681. The van der Waals surface area contributed by atoms with Crippen LogP contribution < -0.4 is 5.32 Å². The summed E-state index contributed by atoms with van der Waals surface area (Å²) in [5.41, 5.74) is 5.31. The van der Waals surface area contributed by atoms with E-state index < -0.39 is 0 Å². The molecule has 5 heteroatoms. The number of halogens is 1. The Morgan fingerprint density at radius 3 is 2.48 bits per heavy atom. The van der Waals surface area contributed by atoms with Crippen molar-refractivity contribution in [3.05, 3.63) is 75.9 Å². The Morgan fingerprint density at radius 2 is 1.73 bits per heavy atom. The Morgan fingerprint density at radius 1 is 1.00 bits per heavy atom. The summed E-state index contributed by atoms with van der Waals surface area (Å²) in [5.74, 6) is 0.922. The zero-order chi connectivity index (χ0) is 22.7. The van der Waals surface area contributed by atoms with Gasteiger partial charge in [0.15, 0.2) is 0 Å². The van der Waals surface area contributed by atoms with E-state index >= 15 is 0 Å². The SMILES string of the molecule is Cc1cc(C2CC2c2ccc(C(=O)N(C)C3CC4CCC(C3)N4)cc2Cl)c2ccccc2n1. The van der Waals surface area contributed by atoms with E-state index in [1.165, 1.54) is 23.8 Å². The van der Waals surface area contributed by atoms with Crippen molar-refractivity contribution in [2.75, 3.05) is 7.05 Å². The number of hydrogen-bond donors (Lipinski definition) is 1. The van der Waals surface area contributed by atoms with Crippen LogP contribution in [0.5, 0.6) is 0 Å². The molecule has 1 aromatic heterocycles. The predicted molar refractivity (Wildman–Crippen MR) is 133 cm³/mol. The first-order valence-electron chi connectivity index (χ1n) is 12.2. The maximum absolute atomic E-state index is 13.2. The molecular formula is C28H30ClN3O. The summed E-state index contributed by atoms with van der Waals surface area (Å²) in [6.07, 6.45) is 5.65. The van der Waals surface area contributed by atoms with Crippen molar-refractivity contribution in [1.82, 2.24) is 15.2 Å². The molecular weight excluding hydrogens is 430 g/mol. The third-order valence-corrected chi connectivity index (χ3v) is 8.36. The van der Waals surface area contributed by atoms with Crippen LogP contribution in [-0.2, 0) is 0 Å². The Labute approximate surface area is 200 Å². The number of piperidine rings is 1. The van der Waals surface area contributed by atoms with E-state index in [1.807, 2.05) is 30.1 Å². The third kappa shape index (κ3) is 3.83. The van der Waals surface area contributed by atoms with Crippen molar-refractivity contribution < 1.29 is 4.79 Å². The maximum Gasteiger partial charge on any atom is 0.253 e. The van der Waals surface area contributed by atoms with Crippen LogP contribution in [0.1, 0.15) is 71.1 Å². The number of nitrogens with one attached hydrogen (secondary N) is 1. The molecule has 3 heterocycles. The minimum Gasteiger partial charge on any atom is -0.339 e. The number of benzene rings is 2. The fourth-order valence-corrected chi connectivity index (χ4v) is 6.52. The molecule has 1 amide bonds. The molecule has 33 heavy (non-hydrogen) atoms. The van der Waals surface area contributed by atoms with Gasteiger partial charge < -0.3 is 10.2 Å². The van der Waals surface area contributed by atoms with Crippen molar-refractivity contribution >= 4 is 28.4 Å². The van der Waals surface area contributed by atoms with Crippen LogP contribution in [0.25, 0.3) is 10.9 Å². The Kier molecular flexibility index (Phi) is 5.19. The molecule has 2 saturated heterocycles. The predicted octanol–water partition coefficient (Wildman–Crippen LogP) is 5.82. The maximum atomic E-state index is 13.2. The van der Waals surface area contributed by atoms with Crippen molar-refractivity contribution in [3.63, 3.8) is 0 Å². The first-order chi connectivity index (χ1) is 16.0. The van der Waals surface area contributed by atoms with Crippen LogP contribution in [0.4, 0.5) is 0 Å². The van der Waals surface area contributed by atoms with Crippen molar-refractivity contribution in [3.8, 4) is 0 Å². The van der Waals surface area contributed by atoms with Crippen molar-refractivity contribution in [2.45, 2.75) is 69.0 Å². The van der Waals surface area contributed by atoms with Crippen molar-refractivity contribution in [1.29, 1.82) is 0 Å². The number of rotatable bonds is 4. The molecule has 4 unspecified atom stereocenters.